The molecule has 7 nitrogen and oxygen atoms in total. The molecule has 0 atom stereocenters. The van der Waals surface area contributed by atoms with Gasteiger partial charge in [0, 0.05) is 38.6 Å². The molecule has 0 bridgehead atoms. The number of guanidine groups is 1. The summed E-state index contributed by atoms with van der Waals surface area (Å²) in [6.07, 6.45) is 1.87. The number of hydrogen-bond acceptors (Lipinski definition) is 5. The van der Waals surface area contributed by atoms with Gasteiger partial charge in [0.1, 0.15) is 5.60 Å². The average Bonchev–Trinajstić information content (AvgIpc) is 3.28. The minimum atomic E-state index is -0.473. The number of aromatic nitrogens is 1. The molecule has 1 aromatic rings. The van der Waals surface area contributed by atoms with Gasteiger partial charge in [-0.25, -0.2) is 9.78 Å². The summed E-state index contributed by atoms with van der Waals surface area (Å²) < 4.78 is 5.53. The van der Waals surface area contributed by atoms with Gasteiger partial charge in [0.25, 0.3) is 0 Å². The number of ether oxygens (including phenoxy) is 1. The topological polar surface area (TPSA) is 70.1 Å². The first-order chi connectivity index (χ1) is 12.2. The molecule has 0 spiro atoms. The van der Waals surface area contributed by atoms with Crippen molar-refractivity contribution in [3.05, 3.63) is 16.1 Å². The Hall–Kier alpha value is -1.83. The van der Waals surface area contributed by atoms with Gasteiger partial charge in [0.2, 0.25) is 0 Å². The van der Waals surface area contributed by atoms with Gasteiger partial charge in [-0.05, 0) is 40.5 Å². The smallest absolute Gasteiger partial charge is 0.410 e. The molecular formula is C18H31N5O2S. The Bertz CT molecular complexity index is 634. The largest absolute Gasteiger partial charge is 0.444 e. The second-order valence-electron chi connectivity index (χ2n) is 7.59. The van der Waals surface area contributed by atoms with Crippen LogP contribution in [0.5, 0.6) is 0 Å². The number of carbonyl (C=O) groups is 1. The number of aliphatic imine (C=N–C) groups is 1. The molecule has 1 amide bonds. The minimum Gasteiger partial charge on any atom is -0.444 e. The molecule has 8 heteroatoms. The fourth-order valence-electron chi connectivity index (χ4n) is 2.60. The van der Waals surface area contributed by atoms with Crippen LogP contribution in [-0.4, -0.2) is 65.7 Å². The Labute approximate surface area is 160 Å². The lowest BCUT2D eigenvalue weighted by Crippen LogP contribution is -2.45. The zero-order valence-corrected chi connectivity index (χ0v) is 17.5. The Morgan fingerprint density at radius 3 is 2.65 bits per heavy atom. The second kappa shape index (κ2) is 8.70. The van der Waals surface area contributed by atoms with E-state index < -0.39 is 5.60 Å². The maximum atomic E-state index is 12.4. The van der Waals surface area contributed by atoms with E-state index in [1.807, 2.05) is 44.5 Å². The van der Waals surface area contributed by atoms with Crippen LogP contribution in [0.15, 0.2) is 10.4 Å². The number of nitrogens with one attached hydrogen (secondary N) is 1. The van der Waals surface area contributed by atoms with Crippen molar-refractivity contribution in [2.45, 2.75) is 58.7 Å². The van der Waals surface area contributed by atoms with Crippen LogP contribution in [0.2, 0.25) is 0 Å². The standard InChI is InChI=1S/C18H31N5O2S/c1-13-21-14(12-26-13)11-22(6)16(19-5)20-9-10-23(15-7-8-15)17(24)25-18(2,3)4/h12,15H,7-11H2,1-6H3,(H,19,20). The highest BCUT2D eigenvalue weighted by atomic mass is 32.1. The predicted molar refractivity (Wildman–Crippen MR) is 106 cm³/mol. The molecule has 0 radical (unpaired) electrons. The van der Waals surface area contributed by atoms with E-state index in [9.17, 15) is 4.79 Å². The molecule has 1 aromatic heterocycles. The van der Waals surface area contributed by atoms with Gasteiger partial charge in [-0.2, -0.15) is 0 Å². The highest BCUT2D eigenvalue weighted by Crippen LogP contribution is 2.28. The van der Waals surface area contributed by atoms with E-state index in [4.69, 9.17) is 4.74 Å². The van der Waals surface area contributed by atoms with Crippen LogP contribution in [-0.2, 0) is 11.3 Å². The SMILES string of the molecule is CN=C(NCCN(C(=O)OC(C)(C)C)C1CC1)N(C)Cc1csc(C)n1. The van der Waals surface area contributed by atoms with Gasteiger partial charge in [0.15, 0.2) is 5.96 Å². The van der Waals surface area contributed by atoms with E-state index in [-0.39, 0.29) is 6.09 Å². The van der Waals surface area contributed by atoms with Crippen molar-refractivity contribution in [1.29, 1.82) is 0 Å². The first kappa shape index (κ1) is 20.5. The first-order valence-corrected chi connectivity index (χ1v) is 9.90. The van der Waals surface area contributed by atoms with Crippen molar-refractivity contribution in [2.24, 2.45) is 4.99 Å². The first-order valence-electron chi connectivity index (χ1n) is 9.02. The van der Waals surface area contributed by atoms with Crippen LogP contribution >= 0.6 is 11.3 Å². The summed E-state index contributed by atoms with van der Waals surface area (Å²) in [6, 6.07) is 0.310. The lowest BCUT2D eigenvalue weighted by molar-refractivity contribution is 0.0237. The Morgan fingerprint density at radius 2 is 2.15 bits per heavy atom. The Balaban J connectivity index is 1.83. The third kappa shape index (κ3) is 6.48. The van der Waals surface area contributed by atoms with E-state index in [2.05, 4.69) is 20.7 Å². The van der Waals surface area contributed by atoms with Crippen LogP contribution in [0.4, 0.5) is 4.79 Å². The van der Waals surface area contributed by atoms with Crippen molar-refractivity contribution < 1.29 is 9.53 Å². The maximum Gasteiger partial charge on any atom is 0.410 e. The van der Waals surface area contributed by atoms with Crippen LogP contribution in [0.25, 0.3) is 0 Å². The summed E-state index contributed by atoms with van der Waals surface area (Å²) >= 11 is 1.65. The number of carbonyl (C=O) groups excluding carboxylic acids is 1. The van der Waals surface area contributed by atoms with E-state index in [0.29, 0.717) is 25.7 Å². The molecule has 26 heavy (non-hydrogen) atoms. The second-order valence-corrected chi connectivity index (χ2v) is 8.66. The molecule has 1 aliphatic carbocycles. The lowest BCUT2D eigenvalue weighted by atomic mass is 10.2. The van der Waals surface area contributed by atoms with Crippen molar-refractivity contribution >= 4 is 23.4 Å². The van der Waals surface area contributed by atoms with Gasteiger partial charge in [-0.3, -0.25) is 4.99 Å². The molecule has 1 saturated carbocycles. The predicted octanol–water partition coefficient (Wildman–Crippen LogP) is 2.86. The monoisotopic (exact) mass is 381 g/mol. The lowest BCUT2D eigenvalue weighted by Gasteiger charge is -2.28. The Morgan fingerprint density at radius 1 is 1.46 bits per heavy atom. The molecule has 1 heterocycles. The van der Waals surface area contributed by atoms with E-state index in [1.54, 1.807) is 18.4 Å². The maximum absolute atomic E-state index is 12.4. The Kier molecular flexibility index (Phi) is 6.86. The molecule has 0 saturated heterocycles. The average molecular weight is 382 g/mol. The third-order valence-corrected chi connectivity index (χ3v) is 4.71. The van der Waals surface area contributed by atoms with Crippen LogP contribution in [0.3, 0.4) is 0 Å². The fraction of sp³-hybridized carbons (Fsp3) is 0.722. The molecule has 0 aliphatic heterocycles. The number of thiazole rings is 1. The summed E-state index contributed by atoms with van der Waals surface area (Å²) in [5.74, 6) is 0.788. The van der Waals surface area contributed by atoms with Gasteiger partial charge >= 0.3 is 6.09 Å². The van der Waals surface area contributed by atoms with E-state index in [0.717, 1.165) is 29.5 Å². The van der Waals surface area contributed by atoms with Crippen molar-refractivity contribution in [3.8, 4) is 0 Å². The van der Waals surface area contributed by atoms with Gasteiger partial charge in [-0.15, -0.1) is 11.3 Å². The molecule has 1 N–H and O–H groups in total. The molecule has 1 fully saturated rings. The highest BCUT2D eigenvalue weighted by Gasteiger charge is 2.34. The van der Waals surface area contributed by atoms with Crippen LogP contribution < -0.4 is 5.32 Å². The van der Waals surface area contributed by atoms with Crippen LogP contribution in [0.1, 0.15) is 44.3 Å². The summed E-state index contributed by atoms with van der Waals surface area (Å²) in [5.41, 5.74) is 0.561. The molecular weight excluding hydrogens is 350 g/mol. The normalized spacial score (nSPS) is 14.9. The van der Waals surface area contributed by atoms with Crippen molar-refractivity contribution in [2.75, 3.05) is 27.2 Å². The minimum absolute atomic E-state index is 0.233. The number of amides is 1. The molecule has 0 aromatic carbocycles. The fourth-order valence-corrected chi connectivity index (χ4v) is 3.21. The van der Waals surface area contributed by atoms with Crippen molar-refractivity contribution in [3.63, 3.8) is 0 Å². The zero-order valence-electron chi connectivity index (χ0n) is 16.7. The zero-order chi connectivity index (χ0) is 19.3. The van der Waals surface area contributed by atoms with E-state index in [1.165, 1.54) is 0 Å². The molecule has 0 unspecified atom stereocenters. The summed E-state index contributed by atoms with van der Waals surface area (Å²) in [6.45, 7) is 9.61. The number of nitrogens with zero attached hydrogens (tertiary/aromatic N) is 4. The van der Waals surface area contributed by atoms with E-state index >= 15 is 0 Å². The number of aryl methyl sites for hydroxylation is 1. The summed E-state index contributed by atoms with van der Waals surface area (Å²) in [5, 5.41) is 6.46. The number of hydrogen-bond donors (Lipinski definition) is 1. The summed E-state index contributed by atoms with van der Waals surface area (Å²) in [4.78, 5) is 25.1. The van der Waals surface area contributed by atoms with Gasteiger partial charge < -0.3 is 19.9 Å². The van der Waals surface area contributed by atoms with Gasteiger partial charge in [0.05, 0.1) is 17.2 Å². The van der Waals surface area contributed by atoms with Gasteiger partial charge in [-0.1, -0.05) is 0 Å². The highest BCUT2D eigenvalue weighted by molar-refractivity contribution is 7.09. The summed E-state index contributed by atoms with van der Waals surface area (Å²) in [7, 11) is 3.74. The molecule has 2 rings (SSSR count). The molecule has 146 valence electrons. The quantitative estimate of drug-likeness (QED) is 0.606. The van der Waals surface area contributed by atoms with Crippen molar-refractivity contribution in [1.82, 2.24) is 20.1 Å². The third-order valence-electron chi connectivity index (χ3n) is 3.89. The molecule has 1 aliphatic rings. The van der Waals surface area contributed by atoms with Crippen LogP contribution in [0, 0.1) is 6.92 Å². The number of rotatable bonds is 6.